The maximum atomic E-state index is 12.8. The van der Waals surface area contributed by atoms with Crippen molar-refractivity contribution in [3.63, 3.8) is 0 Å². The van der Waals surface area contributed by atoms with Crippen molar-refractivity contribution in [3.8, 4) is 0 Å². The van der Waals surface area contributed by atoms with E-state index in [1.807, 2.05) is 48.2 Å². The number of anilines is 1. The van der Waals surface area contributed by atoms with E-state index in [-0.39, 0.29) is 11.2 Å². The zero-order valence-electron chi connectivity index (χ0n) is 14.8. The van der Waals surface area contributed by atoms with Crippen LogP contribution in [0.3, 0.4) is 0 Å². The molecule has 0 saturated carbocycles. The normalized spacial score (nSPS) is 15.9. The van der Waals surface area contributed by atoms with Crippen LogP contribution in [0.4, 0.5) is 5.13 Å². The van der Waals surface area contributed by atoms with Crippen LogP contribution in [0.25, 0.3) is 10.3 Å². The zero-order chi connectivity index (χ0) is 18.8. The van der Waals surface area contributed by atoms with Gasteiger partial charge in [0, 0.05) is 37.3 Å². The van der Waals surface area contributed by atoms with Crippen molar-refractivity contribution in [2.24, 2.45) is 0 Å². The van der Waals surface area contributed by atoms with Crippen LogP contribution < -0.4 is 4.90 Å². The van der Waals surface area contributed by atoms with E-state index < -0.39 is 0 Å². The molecule has 0 bridgehead atoms. The van der Waals surface area contributed by atoms with Crippen molar-refractivity contribution in [3.05, 3.63) is 47.6 Å². The minimum absolute atomic E-state index is 0.158. The quantitative estimate of drug-likeness (QED) is 0.595. The van der Waals surface area contributed by atoms with Gasteiger partial charge in [0.2, 0.25) is 5.91 Å². The van der Waals surface area contributed by atoms with Gasteiger partial charge in [0.1, 0.15) is 10.3 Å². The molecule has 0 radical (unpaired) electrons. The summed E-state index contributed by atoms with van der Waals surface area (Å²) in [7, 11) is 0. The molecule has 1 aliphatic rings. The highest BCUT2D eigenvalue weighted by Gasteiger charge is 2.27. The van der Waals surface area contributed by atoms with Crippen molar-refractivity contribution in [2.75, 3.05) is 31.1 Å². The number of hydrogen-bond donors (Lipinski definition) is 0. The summed E-state index contributed by atoms with van der Waals surface area (Å²) < 4.78 is 0. The number of thiazole rings is 1. The highest BCUT2D eigenvalue weighted by Crippen LogP contribution is 2.31. The van der Waals surface area contributed by atoms with Crippen LogP contribution >= 0.6 is 34.7 Å². The van der Waals surface area contributed by atoms with Gasteiger partial charge in [-0.25, -0.2) is 9.97 Å². The van der Waals surface area contributed by atoms with Crippen LogP contribution in [0.1, 0.15) is 6.92 Å². The SMILES string of the molecule is CC(Sc1ccccc1Cl)C(=O)N1CCN(c2nc3cccnc3s2)CC1. The molecule has 140 valence electrons. The molecule has 1 amide bonds. The first-order valence-electron chi connectivity index (χ1n) is 8.78. The first kappa shape index (κ1) is 18.5. The molecule has 2 aromatic heterocycles. The number of aromatic nitrogens is 2. The van der Waals surface area contributed by atoms with Crippen LogP contribution in [0.2, 0.25) is 5.02 Å². The molecule has 0 spiro atoms. The lowest BCUT2D eigenvalue weighted by Gasteiger charge is -2.35. The van der Waals surface area contributed by atoms with Gasteiger partial charge < -0.3 is 9.80 Å². The third kappa shape index (κ3) is 4.05. The summed E-state index contributed by atoms with van der Waals surface area (Å²) in [5.41, 5.74) is 0.931. The van der Waals surface area contributed by atoms with Crippen LogP contribution in [-0.4, -0.2) is 52.2 Å². The first-order chi connectivity index (χ1) is 13.1. The van der Waals surface area contributed by atoms with E-state index in [2.05, 4.69) is 14.9 Å². The Labute approximate surface area is 171 Å². The van der Waals surface area contributed by atoms with Gasteiger partial charge >= 0.3 is 0 Å². The van der Waals surface area contributed by atoms with E-state index in [1.54, 1.807) is 17.5 Å². The van der Waals surface area contributed by atoms with E-state index >= 15 is 0 Å². The predicted molar refractivity (Wildman–Crippen MR) is 113 cm³/mol. The maximum Gasteiger partial charge on any atom is 0.235 e. The highest BCUT2D eigenvalue weighted by molar-refractivity contribution is 8.00. The Kier molecular flexibility index (Phi) is 5.52. The second-order valence-corrected chi connectivity index (χ2v) is 9.07. The number of fused-ring (bicyclic) bond motifs is 1. The Morgan fingerprint density at radius 3 is 2.70 bits per heavy atom. The number of benzene rings is 1. The van der Waals surface area contributed by atoms with Gasteiger partial charge in [-0.2, -0.15) is 0 Å². The van der Waals surface area contributed by atoms with Gasteiger partial charge in [-0.1, -0.05) is 35.1 Å². The fourth-order valence-corrected chi connectivity index (χ4v) is 5.25. The maximum absolute atomic E-state index is 12.8. The smallest absolute Gasteiger partial charge is 0.235 e. The summed E-state index contributed by atoms with van der Waals surface area (Å²) in [6, 6.07) is 11.5. The number of rotatable bonds is 4. The number of piperazine rings is 1. The van der Waals surface area contributed by atoms with Gasteiger partial charge in [0.05, 0.1) is 10.3 Å². The minimum Gasteiger partial charge on any atom is -0.344 e. The molecular weight excluding hydrogens is 400 g/mol. The molecule has 27 heavy (non-hydrogen) atoms. The van der Waals surface area contributed by atoms with E-state index in [1.165, 1.54) is 11.8 Å². The van der Waals surface area contributed by atoms with Gasteiger partial charge in [-0.15, -0.1) is 11.8 Å². The second kappa shape index (κ2) is 8.04. The molecule has 1 aliphatic heterocycles. The minimum atomic E-state index is -0.164. The molecular formula is C19H19ClN4OS2. The van der Waals surface area contributed by atoms with Gasteiger partial charge in [-0.05, 0) is 31.2 Å². The molecule has 3 aromatic rings. The Balaban J connectivity index is 1.36. The van der Waals surface area contributed by atoms with Crippen molar-refractivity contribution >= 4 is 56.1 Å². The summed E-state index contributed by atoms with van der Waals surface area (Å²) in [6.07, 6.45) is 1.79. The van der Waals surface area contributed by atoms with Crippen LogP contribution in [0.15, 0.2) is 47.5 Å². The summed E-state index contributed by atoms with van der Waals surface area (Å²) in [5.74, 6) is 0.158. The van der Waals surface area contributed by atoms with Gasteiger partial charge in [-0.3, -0.25) is 4.79 Å². The number of hydrogen-bond acceptors (Lipinski definition) is 6. The van der Waals surface area contributed by atoms with Crippen molar-refractivity contribution in [2.45, 2.75) is 17.1 Å². The average molecular weight is 419 g/mol. The van der Waals surface area contributed by atoms with E-state index in [0.29, 0.717) is 18.1 Å². The third-order valence-corrected chi connectivity index (χ3v) is 7.15. The molecule has 3 heterocycles. The molecule has 8 heteroatoms. The lowest BCUT2D eigenvalue weighted by atomic mass is 10.3. The molecule has 1 aromatic carbocycles. The molecule has 1 unspecified atom stereocenters. The summed E-state index contributed by atoms with van der Waals surface area (Å²) in [5, 5.41) is 1.51. The Morgan fingerprint density at radius 1 is 1.19 bits per heavy atom. The van der Waals surface area contributed by atoms with Crippen LogP contribution in [0, 0.1) is 0 Å². The van der Waals surface area contributed by atoms with Gasteiger partial charge in [0.15, 0.2) is 5.13 Å². The molecule has 5 nitrogen and oxygen atoms in total. The van der Waals surface area contributed by atoms with Crippen molar-refractivity contribution in [1.29, 1.82) is 0 Å². The first-order valence-corrected chi connectivity index (χ1v) is 10.9. The molecule has 1 atom stereocenters. The Bertz CT molecular complexity index is 923. The third-order valence-electron chi connectivity index (χ3n) is 4.51. The molecule has 1 saturated heterocycles. The highest BCUT2D eigenvalue weighted by atomic mass is 35.5. The summed E-state index contributed by atoms with van der Waals surface area (Å²) >= 11 is 9.34. The number of carbonyl (C=O) groups is 1. The average Bonchev–Trinajstić information content (AvgIpc) is 3.13. The van der Waals surface area contributed by atoms with Crippen LogP contribution in [-0.2, 0) is 4.79 Å². The number of halogens is 1. The number of thioether (sulfide) groups is 1. The van der Waals surface area contributed by atoms with E-state index in [0.717, 1.165) is 33.5 Å². The van der Waals surface area contributed by atoms with Crippen molar-refractivity contribution in [1.82, 2.24) is 14.9 Å². The van der Waals surface area contributed by atoms with Gasteiger partial charge in [0.25, 0.3) is 0 Å². The Hall–Kier alpha value is -1.83. The fraction of sp³-hybridized carbons (Fsp3) is 0.316. The van der Waals surface area contributed by atoms with E-state index in [9.17, 15) is 4.79 Å². The van der Waals surface area contributed by atoms with Crippen LogP contribution in [0.5, 0.6) is 0 Å². The monoisotopic (exact) mass is 418 g/mol. The van der Waals surface area contributed by atoms with E-state index in [4.69, 9.17) is 11.6 Å². The standard InChI is InChI=1S/C19H19ClN4OS2/c1-13(26-16-7-3-2-5-14(16)20)18(25)23-9-11-24(12-10-23)19-22-15-6-4-8-21-17(15)27-19/h2-8,13H,9-12H2,1H3. The molecule has 1 fully saturated rings. The number of carbonyl (C=O) groups excluding carboxylic acids is 1. The topological polar surface area (TPSA) is 49.3 Å². The Morgan fingerprint density at radius 2 is 1.96 bits per heavy atom. The number of amides is 1. The second-order valence-electron chi connectivity index (χ2n) is 6.33. The summed E-state index contributed by atoms with van der Waals surface area (Å²) in [4.78, 5) is 27.9. The lowest BCUT2D eigenvalue weighted by Crippen LogP contribution is -2.50. The molecule has 4 rings (SSSR count). The lowest BCUT2D eigenvalue weighted by molar-refractivity contribution is -0.130. The predicted octanol–water partition coefficient (Wildman–Crippen LogP) is 4.17. The molecule has 0 N–H and O–H groups in total. The zero-order valence-corrected chi connectivity index (χ0v) is 17.2. The van der Waals surface area contributed by atoms with Crippen molar-refractivity contribution < 1.29 is 4.79 Å². The number of nitrogens with zero attached hydrogens (tertiary/aromatic N) is 4. The molecule has 0 aliphatic carbocycles. The number of pyridine rings is 1. The fourth-order valence-electron chi connectivity index (χ4n) is 3.05. The summed E-state index contributed by atoms with van der Waals surface area (Å²) in [6.45, 7) is 4.93. The largest absolute Gasteiger partial charge is 0.344 e.